The molecule has 0 aliphatic rings. The van der Waals surface area contributed by atoms with Gasteiger partial charge in [-0.2, -0.15) is 0 Å². The van der Waals surface area contributed by atoms with Gasteiger partial charge >= 0.3 is 0 Å². The molecule has 0 aromatic carbocycles. The average Bonchev–Trinajstić information content (AvgIpc) is 2.62. The van der Waals surface area contributed by atoms with Crippen molar-refractivity contribution in [3.63, 3.8) is 0 Å². The summed E-state index contributed by atoms with van der Waals surface area (Å²) in [6.45, 7) is 8.95. The summed E-state index contributed by atoms with van der Waals surface area (Å²) in [5.41, 5.74) is 0. The second-order valence-corrected chi connectivity index (χ2v) is 5.17. The Balaban J connectivity index is 2.16. The molecule has 3 heteroatoms. The zero-order valence-electron chi connectivity index (χ0n) is 9.62. The summed E-state index contributed by atoms with van der Waals surface area (Å²) in [5.74, 6) is 0. The zero-order chi connectivity index (χ0) is 11.1. The number of aromatic nitrogens is 1. The second kappa shape index (κ2) is 6.75. The Kier molecular flexibility index (Phi) is 5.58. The molecule has 0 fully saturated rings. The van der Waals surface area contributed by atoms with Gasteiger partial charge in [0.2, 0.25) is 0 Å². The number of nitrogens with zero attached hydrogens (tertiary/aromatic N) is 1. The Labute approximate surface area is 96.4 Å². The van der Waals surface area contributed by atoms with Crippen LogP contribution in [0.3, 0.4) is 0 Å². The molecule has 0 aliphatic heterocycles. The summed E-state index contributed by atoms with van der Waals surface area (Å²) in [7, 11) is 0. The van der Waals surface area contributed by atoms with Crippen LogP contribution in [0.4, 0.5) is 0 Å². The molecule has 0 amide bonds. The summed E-state index contributed by atoms with van der Waals surface area (Å²) in [6, 6.07) is 0.576. The number of nitrogens with one attached hydrogen (secondary N) is 1. The minimum absolute atomic E-state index is 0.576. The monoisotopic (exact) mass is 224 g/mol. The van der Waals surface area contributed by atoms with Gasteiger partial charge in [-0.3, -0.25) is 0 Å². The number of unbranched alkanes of at least 4 members (excludes halogenated alkanes) is 1. The minimum atomic E-state index is 0.576. The fourth-order valence-corrected chi connectivity index (χ4v) is 2.18. The molecule has 84 valence electrons. The lowest BCUT2D eigenvalue weighted by atomic mass is 10.1. The van der Waals surface area contributed by atoms with Crippen LogP contribution in [0.5, 0.6) is 0 Å². The minimum Gasteiger partial charge on any atom is -0.309 e. The molecular formula is C12H20N2S. The fraction of sp³-hybridized carbons (Fsp3) is 0.583. The van der Waals surface area contributed by atoms with E-state index in [0.29, 0.717) is 6.04 Å². The molecule has 1 aromatic rings. The van der Waals surface area contributed by atoms with E-state index in [4.69, 9.17) is 0 Å². The van der Waals surface area contributed by atoms with Crippen LogP contribution in [0, 0.1) is 6.92 Å². The molecule has 1 N–H and O–H groups in total. The van der Waals surface area contributed by atoms with E-state index in [2.05, 4.69) is 23.8 Å². The maximum Gasteiger partial charge on any atom is 0.0897 e. The highest BCUT2D eigenvalue weighted by molar-refractivity contribution is 7.11. The maximum absolute atomic E-state index is 4.24. The third kappa shape index (κ3) is 5.09. The molecule has 0 radical (unpaired) electrons. The van der Waals surface area contributed by atoms with Crippen molar-refractivity contribution < 1.29 is 0 Å². The third-order valence-corrected chi connectivity index (χ3v) is 3.25. The quantitative estimate of drug-likeness (QED) is 0.568. The van der Waals surface area contributed by atoms with E-state index in [9.17, 15) is 0 Å². The summed E-state index contributed by atoms with van der Waals surface area (Å²) in [6.07, 6.45) is 7.50. The maximum atomic E-state index is 4.24. The van der Waals surface area contributed by atoms with Crippen molar-refractivity contribution in [3.05, 3.63) is 28.7 Å². The molecular weight excluding hydrogens is 204 g/mol. The second-order valence-electron chi connectivity index (χ2n) is 3.85. The van der Waals surface area contributed by atoms with Crippen LogP contribution in [-0.4, -0.2) is 11.0 Å². The Morgan fingerprint density at radius 1 is 1.67 bits per heavy atom. The first-order valence-corrected chi connectivity index (χ1v) is 6.29. The number of thiazole rings is 1. The van der Waals surface area contributed by atoms with E-state index in [-0.39, 0.29) is 0 Å². The number of rotatable bonds is 7. The molecule has 0 spiro atoms. The van der Waals surface area contributed by atoms with E-state index in [1.54, 1.807) is 11.3 Å². The van der Waals surface area contributed by atoms with Crippen LogP contribution in [0.25, 0.3) is 0 Å². The van der Waals surface area contributed by atoms with Gasteiger partial charge in [0.15, 0.2) is 0 Å². The lowest BCUT2D eigenvalue weighted by Gasteiger charge is -2.11. The van der Waals surface area contributed by atoms with Gasteiger partial charge in [0.25, 0.3) is 0 Å². The van der Waals surface area contributed by atoms with Gasteiger partial charge in [0, 0.05) is 23.7 Å². The van der Waals surface area contributed by atoms with Crippen molar-refractivity contribution in [3.8, 4) is 0 Å². The van der Waals surface area contributed by atoms with E-state index < -0.39 is 0 Å². The Hall–Kier alpha value is -0.670. The van der Waals surface area contributed by atoms with E-state index in [0.717, 1.165) is 18.0 Å². The van der Waals surface area contributed by atoms with E-state index in [1.807, 2.05) is 19.2 Å². The average molecular weight is 224 g/mol. The lowest BCUT2D eigenvalue weighted by molar-refractivity contribution is 0.502. The highest BCUT2D eigenvalue weighted by atomic mass is 32.1. The molecule has 2 nitrogen and oxygen atoms in total. The van der Waals surface area contributed by atoms with Gasteiger partial charge in [-0.15, -0.1) is 17.9 Å². The van der Waals surface area contributed by atoms with Gasteiger partial charge in [-0.05, 0) is 33.1 Å². The Bertz CT molecular complexity index is 294. The van der Waals surface area contributed by atoms with Crippen molar-refractivity contribution in [1.29, 1.82) is 0 Å². The van der Waals surface area contributed by atoms with Gasteiger partial charge in [-0.1, -0.05) is 6.08 Å². The van der Waals surface area contributed by atoms with Crippen molar-refractivity contribution in [2.75, 3.05) is 0 Å². The lowest BCUT2D eigenvalue weighted by Crippen LogP contribution is -2.24. The molecule has 0 saturated heterocycles. The predicted molar refractivity (Wildman–Crippen MR) is 67.2 cm³/mol. The largest absolute Gasteiger partial charge is 0.309 e. The first-order valence-electron chi connectivity index (χ1n) is 5.48. The molecule has 0 aliphatic carbocycles. The fourth-order valence-electron chi connectivity index (χ4n) is 1.43. The number of hydrogen-bond donors (Lipinski definition) is 1. The smallest absolute Gasteiger partial charge is 0.0897 e. The van der Waals surface area contributed by atoms with Crippen molar-refractivity contribution in [2.45, 2.75) is 45.7 Å². The van der Waals surface area contributed by atoms with E-state index in [1.165, 1.54) is 17.7 Å². The molecule has 0 saturated carbocycles. The highest BCUT2D eigenvalue weighted by Crippen LogP contribution is 2.11. The van der Waals surface area contributed by atoms with E-state index >= 15 is 0 Å². The predicted octanol–water partition coefficient (Wildman–Crippen LogP) is 3.29. The van der Waals surface area contributed by atoms with Crippen LogP contribution in [0.1, 0.15) is 36.1 Å². The summed E-state index contributed by atoms with van der Waals surface area (Å²) < 4.78 is 0. The molecule has 15 heavy (non-hydrogen) atoms. The number of aryl methyl sites for hydroxylation is 1. The van der Waals surface area contributed by atoms with Gasteiger partial charge in [0.05, 0.1) is 5.01 Å². The van der Waals surface area contributed by atoms with Gasteiger partial charge in [0.1, 0.15) is 0 Å². The normalized spacial score (nSPS) is 12.7. The molecule has 0 bridgehead atoms. The van der Waals surface area contributed by atoms with Crippen LogP contribution in [-0.2, 0) is 6.54 Å². The molecule has 1 unspecified atom stereocenters. The molecule has 1 aromatic heterocycles. The van der Waals surface area contributed by atoms with Crippen molar-refractivity contribution in [1.82, 2.24) is 10.3 Å². The van der Waals surface area contributed by atoms with Crippen LogP contribution in [0.15, 0.2) is 18.9 Å². The van der Waals surface area contributed by atoms with Gasteiger partial charge in [-0.25, -0.2) is 4.98 Å². The first-order chi connectivity index (χ1) is 7.22. The summed E-state index contributed by atoms with van der Waals surface area (Å²) in [5, 5.41) is 4.65. The van der Waals surface area contributed by atoms with Crippen LogP contribution < -0.4 is 5.32 Å². The number of allylic oxidation sites excluding steroid dienone is 1. The Morgan fingerprint density at radius 3 is 3.07 bits per heavy atom. The van der Waals surface area contributed by atoms with Gasteiger partial charge < -0.3 is 5.32 Å². The summed E-state index contributed by atoms with van der Waals surface area (Å²) in [4.78, 5) is 5.56. The Morgan fingerprint density at radius 2 is 2.47 bits per heavy atom. The van der Waals surface area contributed by atoms with Crippen molar-refractivity contribution in [2.24, 2.45) is 0 Å². The standard InChI is InChI=1S/C12H20N2S/c1-4-5-6-7-10(2)13-8-12-9-14-11(3)15-12/h4,9-10,13H,1,5-8H2,2-3H3. The zero-order valence-corrected chi connectivity index (χ0v) is 10.4. The topological polar surface area (TPSA) is 24.9 Å². The molecule has 1 heterocycles. The van der Waals surface area contributed by atoms with Crippen LogP contribution >= 0.6 is 11.3 Å². The number of hydrogen-bond acceptors (Lipinski definition) is 3. The first kappa shape index (κ1) is 12.4. The van der Waals surface area contributed by atoms with Crippen LogP contribution in [0.2, 0.25) is 0 Å². The molecule has 1 atom stereocenters. The molecule has 1 rings (SSSR count). The third-order valence-electron chi connectivity index (χ3n) is 2.34. The summed E-state index contributed by atoms with van der Waals surface area (Å²) >= 11 is 1.77. The highest BCUT2D eigenvalue weighted by Gasteiger charge is 2.02. The van der Waals surface area contributed by atoms with Crippen molar-refractivity contribution >= 4 is 11.3 Å². The SMILES string of the molecule is C=CCCCC(C)NCc1cnc(C)s1.